The summed E-state index contributed by atoms with van der Waals surface area (Å²) in [7, 11) is 0. The quantitative estimate of drug-likeness (QED) is 0.0485. The van der Waals surface area contributed by atoms with E-state index in [4.69, 9.17) is 18.9 Å². The Balaban J connectivity index is 0.923. The van der Waals surface area contributed by atoms with E-state index in [0.717, 1.165) is 43.9 Å². The zero-order valence-electron chi connectivity index (χ0n) is 31.7. The van der Waals surface area contributed by atoms with Gasteiger partial charge in [-0.15, -0.1) is 0 Å². The first-order chi connectivity index (χ1) is 26.9. The van der Waals surface area contributed by atoms with E-state index >= 15 is 0 Å². The second-order valence-electron chi connectivity index (χ2n) is 14.0. The van der Waals surface area contributed by atoms with Crippen LogP contribution in [0.2, 0.25) is 0 Å². The van der Waals surface area contributed by atoms with Crippen LogP contribution in [0.3, 0.4) is 0 Å². The highest BCUT2D eigenvalue weighted by Gasteiger charge is 2.45. The Morgan fingerprint density at radius 2 is 1.60 bits per heavy atom. The van der Waals surface area contributed by atoms with Crippen molar-refractivity contribution in [3.63, 3.8) is 0 Å². The third-order valence-electron chi connectivity index (χ3n) is 10.9. The lowest BCUT2D eigenvalue weighted by Crippen LogP contribution is -2.53. The van der Waals surface area contributed by atoms with Crippen LogP contribution < -0.4 is 5.32 Å². The fourth-order valence-electron chi connectivity index (χ4n) is 8.46. The van der Waals surface area contributed by atoms with Gasteiger partial charge in [0.25, 0.3) is 5.91 Å². The van der Waals surface area contributed by atoms with Gasteiger partial charge < -0.3 is 29.0 Å². The molecule has 55 heavy (non-hydrogen) atoms. The predicted octanol–water partition coefficient (Wildman–Crippen LogP) is 6.92. The van der Waals surface area contributed by atoms with E-state index in [2.05, 4.69) is 49.7 Å². The number of fused-ring (bicyclic) bond motifs is 4. The lowest BCUT2D eigenvalue weighted by molar-refractivity contribution is -0.142. The molecule has 6 rings (SSSR count). The van der Waals surface area contributed by atoms with Gasteiger partial charge in [-0.3, -0.25) is 19.7 Å². The minimum absolute atomic E-state index is 0.0202. The van der Waals surface area contributed by atoms with Crippen LogP contribution in [0, 0.1) is 5.92 Å². The fraction of sp³-hybridized carbons (Fsp3) is 0.400. The Morgan fingerprint density at radius 3 is 2.25 bits per heavy atom. The highest BCUT2D eigenvalue weighted by molar-refractivity contribution is 6.05. The van der Waals surface area contributed by atoms with E-state index < -0.39 is 11.9 Å². The summed E-state index contributed by atoms with van der Waals surface area (Å²) in [4.78, 5) is 37.9. The molecule has 1 atom stereocenters. The molecule has 3 fully saturated rings. The number of carbonyl (C=O) groups excluding carboxylic acids is 3. The minimum atomic E-state index is -0.639. The number of imide groups is 1. The maximum absolute atomic E-state index is 12.8. The van der Waals surface area contributed by atoms with Gasteiger partial charge in [0.2, 0.25) is 11.8 Å². The number of hydrogen-bond donors (Lipinski definition) is 2. The van der Waals surface area contributed by atoms with Crippen molar-refractivity contribution >= 4 is 23.3 Å². The molecule has 0 spiro atoms. The van der Waals surface area contributed by atoms with Crippen LogP contribution in [-0.2, 0) is 33.3 Å². The number of aliphatic hydroxyl groups is 1. The second kappa shape index (κ2) is 19.0. The number of amides is 3. The number of benzene rings is 1. The number of rotatable bonds is 20. The number of nitrogens with zero attached hydrogens (tertiary/aromatic N) is 1. The van der Waals surface area contributed by atoms with Gasteiger partial charge in [0.1, 0.15) is 24.5 Å². The number of aliphatic hydroxyl groups excluding tert-OH is 1. The third-order valence-corrected chi connectivity index (χ3v) is 10.9. The molecule has 1 aromatic rings. The van der Waals surface area contributed by atoms with Crippen LogP contribution in [-0.4, -0.2) is 86.1 Å². The number of nitrogens with one attached hydrogen (secondary N) is 1. The molecule has 1 unspecified atom stereocenters. The summed E-state index contributed by atoms with van der Waals surface area (Å²) >= 11 is 0. The number of allylic oxidation sites excluding steroid dienone is 9. The van der Waals surface area contributed by atoms with E-state index in [1.165, 1.54) is 43.9 Å². The molecular weight excluding hydrogens is 697 g/mol. The molecule has 2 heterocycles. The molecule has 3 aliphatic carbocycles. The van der Waals surface area contributed by atoms with Crippen LogP contribution in [0.1, 0.15) is 57.4 Å². The van der Waals surface area contributed by atoms with Gasteiger partial charge in [-0.1, -0.05) is 79.8 Å². The Morgan fingerprint density at radius 1 is 0.927 bits per heavy atom. The van der Waals surface area contributed by atoms with Crippen molar-refractivity contribution in [2.24, 2.45) is 5.92 Å². The highest BCUT2D eigenvalue weighted by Crippen LogP contribution is 2.57. The summed E-state index contributed by atoms with van der Waals surface area (Å²) in [5.74, 6) is -0.411. The molecule has 290 valence electrons. The average Bonchev–Trinajstić information content (AvgIpc) is 3.85. The average molecular weight is 749 g/mol. The Bertz CT molecular complexity index is 1850. The fourth-order valence-corrected chi connectivity index (χ4v) is 8.46. The second-order valence-corrected chi connectivity index (χ2v) is 14.0. The molecule has 4 bridgehead atoms. The monoisotopic (exact) mass is 748 g/mol. The van der Waals surface area contributed by atoms with Gasteiger partial charge in [0.05, 0.1) is 39.3 Å². The molecule has 0 aromatic heterocycles. The third kappa shape index (κ3) is 9.10. The van der Waals surface area contributed by atoms with Crippen LogP contribution >= 0.6 is 0 Å². The van der Waals surface area contributed by atoms with Gasteiger partial charge >= 0.3 is 0 Å². The van der Waals surface area contributed by atoms with Crippen LogP contribution in [0.25, 0.3) is 5.57 Å². The molecule has 2 aliphatic heterocycles. The van der Waals surface area contributed by atoms with Crippen molar-refractivity contribution in [1.82, 2.24) is 10.2 Å². The van der Waals surface area contributed by atoms with Gasteiger partial charge in [-0.25, -0.2) is 0 Å². The van der Waals surface area contributed by atoms with Gasteiger partial charge in [-0.05, 0) is 90.2 Å². The minimum Gasteiger partial charge on any atom is -0.516 e. The first-order valence-electron chi connectivity index (χ1n) is 19.3. The van der Waals surface area contributed by atoms with Crippen molar-refractivity contribution in [3.8, 4) is 0 Å². The van der Waals surface area contributed by atoms with Crippen LogP contribution in [0.5, 0.6) is 0 Å². The molecule has 5 aliphatic rings. The number of hydrogen-bond acceptors (Lipinski definition) is 8. The molecule has 1 saturated heterocycles. The van der Waals surface area contributed by atoms with Crippen LogP contribution in [0.15, 0.2) is 131 Å². The number of piperidine rings is 1. The molecule has 10 nitrogen and oxygen atoms in total. The molecule has 2 saturated carbocycles. The van der Waals surface area contributed by atoms with E-state index in [1.807, 2.05) is 18.2 Å². The van der Waals surface area contributed by atoms with Crippen molar-refractivity contribution in [2.45, 2.75) is 64.0 Å². The van der Waals surface area contributed by atoms with E-state index in [1.54, 1.807) is 24.3 Å². The standard InChI is InChI=1S/C45H52N2O8/c1-4-31(12-9-23-48)41(34(5-2)32-10-7-6-8-11-32)42-35-15-16-36(42)38-18-17-37(35)43(38)55-29-27-53-25-24-52-26-28-54-30(3)13-14-33-21-22-47(45(33)51)39-19-20-40(49)46-44(39)50/h4,6-14,21,23,39,42-43,48H,1,3,5,15-20,22,24-29H2,2H3,(H,46,49,50)/b14-13-,23-9+,31-12+,41-34-. The van der Waals surface area contributed by atoms with Crippen molar-refractivity contribution in [3.05, 3.63) is 137 Å². The van der Waals surface area contributed by atoms with E-state index in [9.17, 15) is 19.5 Å². The van der Waals surface area contributed by atoms with Crippen molar-refractivity contribution < 1.29 is 38.4 Å². The zero-order chi connectivity index (χ0) is 38.7. The van der Waals surface area contributed by atoms with Crippen molar-refractivity contribution in [1.29, 1.82) is 0 Å². The lowest BCUT2D eigenvalue weighted by Gasteiger charge is -2.32. The molecule has 0 radical (unpaired) electrons. The van der Waals surface area contributed by atoms with Gasteiger partial charge in [-0.2, -0.15) is 0 Å². The van der Waals surface area contributed by atoms with Gasteiger partial charge in [0, 0.05) is 24.5 Å². The topological polar surface area (TPSA) is 124 Å². The summed E-state index contributed by atoms with van der Waals surface area (Å²) < 4.78 is 23.6. The maximum Gasteiger partial charge on any atom is 0.254 e. The molecule has 2 N–H and O–H groups in total. The Kier molecular flexibility index (Phi) is 13.7. The van der Waals surface area contributed by atoms with Crippen molar-refractivity contribution in [2.75, 3.05) is 46.2 Å². The van der Waals surface area contributed by atoms with E-state index in [-0.39, 0.29) is 30.3 Å². The predicted molar refractivity (Wildman–Crippen MR) is 211 cm³/mol. The lowest BCUT2D eigenvalue weighted by atomic mass is 9.75. The van der Waals surface area contributed by atoms with Gasteiger partial charge in [0.15, 0.2) is 0 Å². The molecular formula is C45H52N2O8. The Hall–Kier alpha value is -5.03. The van der Waals surface area contributed by atoms with E-state index in [0.29, 0.717) is 63.9 Å². The highest BCUT2D eigenvalue weighted by atomic mass is 16.6. The first-order valence-corrected chi connectivity index (χ1v) is 19.3. The SMILES string of the molecule is C=CC(=C\C=C\O)/C(=C(\CC)c1ccccc1)C1C2=C3CCC(=C1CC2)C3OCCOCCOCCOC(=C)/C=C\C1=CCN(C2CCC(=O)NC2=O)C1=O. The largest absolute Gasteiger partial charge is 0.516 e. The zero-order valence-corrected chi connectivity index (χ0v) is 31.7. The smallest absolute Gasteiger partial charge is 0.254 e. The summed E-state index contributed by atoms with van der Waals surface area (Å²) in [6.45, 7) is 13.0. The Labute approximate surface area is 323 Å². The molecule has 3 amide bonds. The molecule has 10 heteroatoms. The number of ether oxygens (including phenoxy) is 4. The summed E-state index contributed by atoms with van der Waals surface area (Å²) in [5.41, 5.74) is 11.1. The summed E-state index contributed by atoms with van der Waals surface area (Å²) in [5, 5.41) is 11.8. The normalized spacial score (nSPS) is 23.0. The first kappa shape index (κ1) is 39.7. The summed E-state index contributed by atoms with van der Waals surface area (Å²) in [6, 6.07) is 9.95. The van der Waals surface area contributed by atoms with Crippen LogP contribution in [0.4, 0.5) is 0 Å². The molecule has 1 aromatic carbocycles. The number of carbonyl (C=O) groups is 3. The maximum atomic E-state index is 12.8. The summed E-state index contributed by atoms with van der Waals surface area (Å²) in [6.07, 6.45) is 17.2.